The van der Waals surface area contributed by atoms with E-state index in [1.807, 2.05) is 29.2 Å². The van der Waals surface area contributed by atoms with Crippen LogP contribution >= 0.6 is 36.4 Å². The number of ether oxygens (including phenoxy) is 1. The van der Waals surface area contributed by atoms with Gasteiger partial charge in [-0.3, -0.25) is 9.69 Å². The van der Waals surface area contributed by atoms with Crippen LogP contribution in [0.1, 0.15) is 25.7 Å². The van der Waals surface area contributed by atoms with E-state index >= 15 is 0 Å². The van der Waals surface area contributed by atoms with Gasteiger partial charge in [0.05, 0.1) is 11.6 Å². The number of para-hydroxylation sites is 1. The van der Waals surface area contributed by atoms with Gasteiger partial charge < -0.3 is 15.0 Å². The lowest BCUT2D eigenvalue weighted by molar-refractivity contribution is -0.134. The minimum absolute atomic E-state index is 0. The molecule has 8 heteroatoms. The molecule has 0 spiro atoms. The third-order valence-electron chi connectivity index (χ3n) is 5.24. The average Bonchev–Trinajstić information content (AvgIpc) is 2.65. The van der Waals surface area contributed by atoms with E-state index in [9.17, 15) is 4.79 Å². The Labute approximate surface area is 179 Å². The Morgan fingerprint density at radius 2 is 1.81 bits per heavy atom. The molecule has 0 radical (unpaired) electrons. The van der Waals surface area contributed by atoms with Crippen LogP contribution in [0.25, 0.3) is 0 Å². The summed E-state index contributed by atoms with van der Waals surface area (Å²) in [5, 5.41) is 4.01. The number of hydrogen-bond donors (Lipinski definition) is 1. The Bertz CT molecular complexity index is 577. The number of carbonyl (C=O) groups is 1. The summed E-state index contributed by atoms with van der Waals surface area (Å²) in [5.74, 6) is 0.969. The number of amides is 1. The fourth-order valence-electron chi connectivity index (χ4n) is 3.63. The second-order valence-corrected chi connectivity index (χ2v) is 7.43. The molecule has 0 atom stereocenters. The van der Waals surface area contributed by atoms with Crippen molar-refractivity contribution in [3.63, 3.8) is 0 Å². The van der Waals surface area contributed by atoms with Crippen LogP contribution in [0, 0.1) is 0 Å². The zero-order valence-electron chi connectivity index (χ0n) is 15.7. The molecular weight excluding hydrogens is 409 g/mol. The molecule has 27 heavy (non-hydrogen) atoms. The van der Waals surface area contributed by atoms with E-state index in [0.29, 0.717) is 17.6 Å². The van der Waals surface area contributed by atoms with Gasteiger partial charge in [0.1, 0.15) is 11.9 Å². The quantitative estimate of drug-likeness (QED) is 0.766. The van der Waals surface area contributed by atoms with Gasteiger partial charge >= 0.3 is 0 Å². The summed E-state index contributed by atoms with van der Waals surface area (Å²) in [6, 6.07) is 8.08. The van der Waals surface area contributed by atoms with Crippen LogP contribution in [0.15, 0.2) is 24.3 Å². The van der Waals surface area contributed by atoms with Crippen LogP contribution in [0.2, 0.25) is 5.02 Å². The maximum Gasteiger partial charge on any atom is 0.236 e. The van der Waals surface area contributed by atoms with E-state index in [0.717, 1.165) is 57.6 Å². The monoisotopic (exact) mass is 437 g/mol. The first-order valence-electron chi connectivity index (χ1n) is 9.23. The number of hydrogen-bond acceptors (Lipinski definition) is 4. The van der Waals surface area contributed by atoms with Crippen molar-refractivity contribution in [1.29, 1.82) is 0 Å². The minimum atomic E-state index is 0. The molecule has 2 fully saturated rings. The third-order valence-corrected chi connectivity index (χ3v) is 5.55. The zero-order chi connectivity index (χ0) is 17.6. The van der Waals surface area contributed by atoms with E-state index in [4.69, 9.17) is 16.3 Å². The molecule has 2 aliphatic rings. The zero-order valence-corrected chi connectivity index (χ0v) is 18.1. The minimum Gasteiger partial charge on any atom is -0.489 e. The molecule has 2 heterocycles. The maximum absolute atomic E-state index is 12.6. The molecule has 0 bridgehead atoms. The van der Waals surface area contributed by atoms with Crippen LogP contribution in [-0.4, -0.2) is 67.6 Å². The molecule has 0 aromatic heterocycles. The van der Waals surface area contributed by atoms with E-state index in [1.54, 1.807) is 0 Å². The van der Waals surface area contributed by atoms with Gasteiger partial charge in [0, 0.05) is 32.0 Å². The predicted molar refractivity (Wildman–Crippen MR) is 115 cm³/mol. The summed E-state index contributed by atoms with van der Waals surface area (Å²) in [7, 11) is 2.07. The van der Waals surface area contributed by atoms with E-state index in [1.165, 1.54) is 0 Å². The van der Waals surface area contributed by atoms with Gasteiger partial charge in [0.2, 0.25) is 5.91 Å². The van der Waals surface area contributed by atoms with Crippen molar-refractivity contribution < 1.29 is 9.53 Å². The van der Waals surface area contributed by atoms with E-state index < -0.39 is 0 Å². The number of piperidine rings is 2. The topological polar surface area (TPSA) is 44.8 Å². The summed E-state index contributed by atoms with van der Waals surface area (Å²) in [4.78, 5) is 16.8. The first-order valence-corrected chi connectivity index (χ1v) is 9.61. The molecule has 1 aromatic rings. The fourth-order valence-corrected chi connectivity index (χ4v) is 3.81. The molecule has 1 N–H and O–H groups in total. The Hall–Kier alpha value is -0.720. The summed E-state index contributed by atoms with van der Waals surface area (Å²) in [5.41, 5.74) is 0. The number of nitrogens with one attached hydrogen (secondary N) is 1. The molecule has 1 amide bonds. The molecule has 1 aromatic carbocycles. The Kier molecular flexibility index (Phi) is 10.8. The van der Waals surface area contributed by atoms with Gasteiger partial charge in [-0.25, -0.2) is 0 Å². The van der Waals surface area contributed by atoms with E-state index in [-0.39, 0.29) is 36.8 Å². The molecule has 0 unspecified atom stereocenters. The molecule has 3 rings (SSSR count). The van der Waals surface area contributed by atoms with Crippen LogP contribution < -0.4 is 10.1 Å². The van der Waals surface area contributed by atoms with Crippen LogP contribution in [-0.2, 0) is 4.79 Å². The third kappa shape index (κ3) is 6.99. The van der Waals surface area contributed by atoms with Gasteiger partial charge in [-0.15, -0.1) is 24.8 Å². The van der Waals surface area contributed by atoms with Crippen molar-refractivity contribution in [3.8, 4) is 5.75 Å². The lowest BCUT2D eigenvalue weighted by atomic mass is 10.0. The lowest BCUT2D eigenvalue weighted by Gasteiger charge is -2.35. The Morgan fingerprint density at radius 3 is 2.44 bits per heavy atom. The standard InChI is InChI=1S/C19H28ClN3O2.2ClH/c1-22(15-6-10-21-11-7-15)14-19(24)23-12-8-16(9-13-23)25-18-5-3-2-4-17(18)20;;/h2-5,15-16,21H,6-14H2,1H3;2*1H. The second kappa shape index (κ2) is 12.0. The molecule has 5 nitrogen and oxygen atoms in total. The van der Waals surface area contributed by atoms with Crippen molar-refractivity contribution in [3.05, 3.63) is 29.3 Å². The number of benzene rings is 1. The molecule has 0 saturated carbocycles. The van der Waals surface area contributed by atoms with Gasteiger partial charge in [-0.2, -0.15) is 0 Å². The molecule has 2 aliphatic heterocycles. The summed E-state index contributed by atoms with van der Waals surface area (Å²) < 4.78 is 6.00. The summed E-state index contributed by atoms with van der Waals surface area (Å²) in [6.07, 6.45) is 4.09. The van der Waals surface area contributed by atoms with Crippen LogP contribution in [0.4, 0.5) is 0 Å². The largest absolute Gasteiger partial charge is 0.489 e. The van der Waals surface area contributed by atoms with Crippen molar-refractivity contribution in [1.82, 2.24) is 15.1 Å². The van der Waals surface area contributed by atoms with Crippen LogP contribution in [0.5, 0.6) is 5.75 Å². The number of likely N-dealkylation sites (tertiary alicyclic amines) is 1. The van der Waals surface area contributed by atoms with Crippen LogP contribution in [0.3, 0.4) is 0 Å². The van der Waals surface area contributed by atoms with Crippen molar-refractivity contribution in [2.45, 2.75) is 37.8 Å². The highest BCUT2D eigenvalue weighted by atomic mass is 35.5. The number of rotatable bonds is 5. The predicted octanol–water partition coefficient (Wildman–Crippen LogP) is 3.24. The molecule has 0 aliphatic carbocycles. The van der Waals surface area contributed by atoms with Gasteiger partial charge in [0.15, 0.2) is 0 Å². The Balaban J connectivity index is 0.00000182. The SMILES string of the molecule is CN(CC(=O)N1CCC(Oc2ccccc2Cl)CC1)C1CCNCC1.Cl.Cl. The normalized spacial score (nSPS) is 18.6. The highest BCUT2D eigenvalue weighted by Gasteiger charge is 2.26. The maximum atomic E-state index is 12.6. The summed E-state index contributed by atoms with van der Waals surface area (Å²) >= 11 is 6.15. The van der Waals surface area contributed by atoms with Gasteiger partial charge in [-0.05, 0) is 45.1 Å². The smallest absolute Gasteiger partial charge is 0.236 e. The van der Waals surface area contributed by atoms with Crippen molar-refractivity contribution >= 4 is 42.3 Å². The number of nitrogens with zero attached hydrogens (tertiary/aromatic N) is 2. The number of likely N-dealkylation sites (N-methyl/N-ethyl adjacent to an activating group) is 1. The highest BCUT2D eigenvalue weighted by molar-refractivity contribution is 6.32. The number of carbonyl (C=O) groups excluding carboxylic acids is 1. The molecular formula is C19H30Cl3N3O2. The first-order chi connectivity index (χ1) is 12.1. The summed E-state index contributed by atoms with van der Waals surface area (Å²) in [6.45, 7) is 4.13. The number of halogens is 3. The van der Waals surface area contributed by atoms with E-state index in [2.05, 4.69) is 17.3 Å². The lowest BCUT2D eigenvalue weighted by Crippen LogP contribution is -2.49. The van der Waals surface area contributed by atoms with Crippen molar-refractivity contribution in [2.24, 2.45) is 0 Å². The Morgan fingerprint density at radius 1 is 1.19 bits per heavy atom. The average molecular weight is 439 g/mol. The second-order valence-electron chi connectivity index (χ2n) is 7.02. The fraction of sp³-hybridized carbons (Fsp3) is 0.632. The van der Waals surface area contributed by atoms with Gasteiger partial charge in [-0.1, -0.05) is 23.7 Å². The molecule has 2 saturated heterocycles. The van der Waals surface area contributed by atoms with Crippen molar-refractivity contribution in [2.75, 3.05) is 39.8 Å². The molecule has 154 valence electrons. The van der Waals surface area contributed by atoms with Gasteiger partial charge in [0.25, 0.3) is 0 Å². The first kappa shape index (κ1) is 24.3. The highest BCUT2D eigenvalue weighted by Crippen LogP contribution is 2.26.